The highest BCUT2D eigenvalue weighted by atomic mass is 79.9. The number of hydrogen-bond donors (Lipinski definition) is 3. The minimum atomic E-state index is -0.881. The first-order chi connectivity index (χ1) is 6.16. The van der Waals surface area contributed by atoms with E-state index in [4.69, 9.17) is 0 Å². The van der Waals surface area contributed by atoms with E-state index in [0.717, 1.165) is 4.47 Å². The van der Waals surface area contributed by atoms with Gasteiger partial charge in [0.15, 0.2) is 0 Å². The van der Waals surface area contributed by atoms with Crippen LogP contribution in [0, 0.1) is 0 Å². The molecule has 0 aliphatic rings. The van der Waals surface area contributed by atoms with E-state index in [0.29, 0.717) is 5.56 Å². The molecule has 2 atom stereocenters. The van der Waals surface area contributed by atoms with E-state index in [1.807, 2.05) is 18.2 Å². The Morgan fingerprint density at radius 2 is 1.92 bits per heavy atom. The first-order valence-corrected chi connectivity index (χ1v) is 5.30. The lowest BCUT2D eigenvalue weighted by molar-refractivity contribution is 0.0333. The molecule has 1 aromatic rings. The number of rotatable bonds is 3. The second-order valence-electron chi connectivity index (χ2n) is 2.72. The molecule has 0 aliphatic heterocycles. The highest BCUT2D eigenvalue weighted by Gasteiger charge is 2.18. The van der Waals surface area contributed by atoms with Crippen LogP contribution < -0.4 is 0 Å². The smallest absolute Gasteiger partial charge is 0.107 e. The van der Waals surface area contributed by atoms with Gasteiger partial charge in [0.1, 0.15) is 6.10 Å². The third-order valence-electron chi connectivity index (χ3n) is 1.78. The first kappa shape index (κ1) is 11.0. The zero-order valence-electron chi connectivity index (χ0n) is 6.89. The molecule has 1 rings (SSSR count). The summed E-state index contributed by atoms with van der Waals surface area (Å²) in [7, 11) is 0. The highest BCUT2D eigenvalue weighted by molar-refractivity contribution is 9.10. The normalized spacial score (nSPS) is 15.4. The van der Waals surface area contributed by atoms with Gasteiger partial charge in [-0.1, -0.05) is 34.1 Å². The Labute approximate surface area is 91.1 Å². The molecule has 4 heteroatoms. The van der Waals surface area contributed by atoms with Crippen LogP contribution in [0.2, 0.25) is 0 Å². The third kappa shape index (κ3) is 2.71. The fraction of sp³-hybridized carbons (Fsp3) is 0.333. The van der Waals surface area contributed by atoms with E-state index in [9.17, 15) is 10.2 Å². The van der Waals surface area contributed by atoms with Crippen molar-refractivity contribution in [3.8, 4) is 0 Å². The first-order valence-electron chi connectivity index (χ1n) is 3.88. The average Bonchev–Trinajstić information content (AvgIpc) is 2.16. The second-order valence-corrected chi connectivity index (χ2v) is 3.94. The van der Waals surface area contributed by atoms with Crippen LogP contribution in [0.25, 0.3) is 0 Å². The molecule has 2 N–H and O–H groups in total. The van der Waals surface area contributed by atoms with Gasteiger partial charge in [-0.25, -0.2) is 0 Å². The molecule has 0 amide bonds. The van der Waals surface area contributed by atoms with Gasteiger partial charge in [0.2, 0.25) is 0 Å². The number of thiol groups is 1. The Balaban J connectivity index is 2.88. The van der Waals surface area contributed by atoms with Crippen molar-refractivity contribution in [2.45, 2.75) is 12.2 Å². The predicted octanol–water partition coefficient (Wildman–Crippen LogP) is 1.77. The number of hydrogen-bond acceptors (Lipinski definition) is 3. The highest BCUT2D eigenvalue weighted by Crippen LogP contribution is 2.25. The topological polar surface area (TPSA) is 40.5 Å². The zero-order valence-corrected chi connectivity index (χ0v) is 9.37. The van der Waals surface area contributed by atoms with E-state index in [1.54, 1.807) is 6.07 Å². The summed E-state index contributed by atoms with van der Waals surface area (Å²) in [6, 6.07) is 7.26. The van der Waals surface area contributed by atoms with Gasteiger partial charge >= 0.3 is 0 Å². The maximum absolute atomic E-state index is 9.64. The molecule has 0 fully saturated rings. The SMILES string of the molecule is OC(CS)C(O)c1ccccc1Br. The van der Waals surface area contributed by atoms with Crippen molar-refractivity contribution in [2.75, 3.05) is 5.75 Å². The van der Waals surface area contributed by atoms with Crippen molar-refractivity contribution in [1.29, 1.82) is 0 Å². The lowest BCUT2D eigenvalue weighted by Crippen LogP contribution is -2.19. The van der Waals surface area contributed by atoms with Crippen molar-refractivity contribution >= 4 is 28.6 Å². The van der Waals surface area contributed by atoms with E-state index >= 15 is 0 Å². The van der Waals surface area contributed by atoms with Crippen LogP contribution in [-0.2, 0) is 0 Å². The molecule has 0 bridgehead atoms. The number of aliphatic hydroxyl groups excluding tert-OH is 2. The molecule has 0 spiro atoms. The van der Waals surface area contributed by atoms with Crippen LogP contribution in [0.5, 0.6) is 0 Å². The van der Waals surface area contributed by atoms with Crippen molar-refractivity contribution in [1.82, 2.24) is 0 Å². The van der Waals surface area contributed by atoms with Crippen LogP contribution in [0.3, 0.4) is 0 Å². The molecule has 13 heavy (non-hydrogen) atoms. The summed E-state index contributed by atoms with van der Waals surface area (Å²) in [5.41, 5.74) is 0.684. The fourth-order valence-electron chi connectivity index (χ4n) is 1.02. The van der Waals surface area contributed by atoms with Crippen molar-refractivity contribution < 1.29 is 10.2 Å². The van der Waals surface area contributed by atoms with Gasteiger partial charge in [-0.05, 0) is 11.6 Å². The minimum Gasteiger partial charge on any atom is -0.389 e. The molecular weight excluding hydrogens is 252 g/mol. The van der Waals surface area contributed by atoms with Gasteiger partial charge < -0.3 is 10.2 Å². The maximum atomic E-state index is 9.64. The standard InChI is InChI=1S/C9H11BrO2S/c10-7-4-2-1-3-6(7)9(12)8(11)5-13/h1-4,8-9,11-13H,5H2. The molecule has 1 aromatic carbocycles. The third-order valence-corrected chi connectivity index (χ3v) is 2.87. The number of aliphatic hydroxyl groups is 2. The minimum absolute atomic E-state index is 0.239. The van der Waals surface area contributed by atoms with E-state index < -0.39 is 12.2 Å². The van der Waals surface area contributed by atoms with Gasteiger partial charge in [-0.15, -0.1) is 0 Å². The largest absolute Gasteiger partial charge is 0.389 e. The molecule has 0 saturated carbocycles. The maximum Gasteiger partial charge on any atom is 0.107 e. The Bertz CT molecular complexity index is 280. The van der Waals surface area contributed by atoms with E-state index in [-0.39, 0.29) is 5.75 Å². The molecule has 0 heterocycles. The number of benzene rings is 1. The van der Waals surface area contributed by atoms with Crippen LogP contribution in [-0.4, -0.2) is 22.1 Å². The lowest BCUT2D eigenvalue weighted by atomic mass is 10.1. The average molecular weight is 263 g/mol. The molecule has 2 nitrogen and oxygen atoms in total. The van der Waals surface area contributed by atoms with Crippen LogP contribution in [0.1, 0.15) is 11.7 Å². The molecule has 0 aromatic heterocycles. The summed E-state index contributed by atoms with van der Waals surface area (Å²) >= 11 is 7.21. The summed E-state index contributed by atoms with van der Waals surface area (Å²) in [6.45, 7) is 0. The van der Waals surface area contributed by atoms with Crippen LogP contribution in [0.4, 0.5) is 0 Å². The summed E-state index contributed by atoms with van der Waals surface area (Å²) in [4.78, 5) is 0. The van der Waals surface area contributed by atoms with Gasteiger partial charge in [0.05, 0.1) is 6.10 Å². The fourth-order valence-corrected chi connectivity index (χ4v) is 1.74. The Morgan fingerprint density at radius 1 is 1.31 bits per heavy atom. The summed E-state index contributed by atoms with van der Waals surface area (Å²) in [6.07, 6.45) is -1.71. The Kier molecular flexibility index (Phi) is 4.25. The van der Waals surface area contributed by atoms with Gasteiger partial charge in [0.25, 0.3) is 0 Å². The molecule has 72 valence electrons. The van der Waals surface area contributed by atoms with Gasteiger partial charge in [-0.2, -0.15) is 12.6 Å². The Hall–Kier alpha value is -0.0300. The molecule has 0 saturated heterocycles. The van der Waals surface area contributed by atoms with Crippen molar-refractivity contribution in [2.24, 2.45) is 0 Å². The summed E-state index contributed by atoms with van der Waals surface area (Å²) in [5.74, 6) is 0.239. The van der Waals surface area contributed by atoms with Crippen LogP contribution >= 0.6 is 28.6 Å². The molecule has 0 aliphatic carbocycles. The Morgan fingerprint density at radius 3 is 2.46 bits per heavy atom. The van der Waals surface area contributed by atoms with Gasteiger partial charge in [0, 0.05) is 10.2 Å². The zero-order chi connectivity index (χ0) is 9.84. The lowest BCUT2D eigenvalue weighted by Gasteiger charge is -2.17. The monoisotopic (exact) mass is 262 g/mol. The van der Waals surface area contributed by atoms with E-state index in [2.05, 4.69) is 28.6 Å². The number of halogens is 1. The molecule has 0 radical (unpaired) electrons. The van der Waals surface area contributed by atoms with Gasteiger partial charge in [-0.3, -0.25) is 0 Å². The summed E-state index contributed by atoms with van der Waals surface area (Å²) < 4.78 is 0.795. The molecular formula is C9H11BrO2S. The van der Waals surface area contributed by atoms with Crippen molar-refractivity contribution in [3.63, 3.8) is 0 Å². The van der Waals surface area contributed by atoms with E-state index in [1.165, 1.54) is 0 Å². The van der Waals surface area contributed by atoms with Crippen LogP contribution in [0.15, 0.2) is 28.7 Å². The van der Waals surface area contributed by atoms with Crippen molar-refractivity contribution in [3.05, 3.63) is 34.3 Å². The second kappa shape index (κ2) is 5.00. The predicted molar refractivity (Wildman–Crippen MR) is 59.0 cm³/mol. The quantitative estimate of drug-likeness (QED) is 0.727. The molecule has 2 unspecified atom stereocenters. The summed E-state index contributed by atoms with van der Waals surface area (Å²) in [5, 5.41) is 19.0.